The van der Waals surface area contributed by atoms with Crippen molar-refractivity contribution in [2.75, 3.05) is 5.32 Å². The van der Waals surface area contributed by atoms with Crippen LogP contribution >= 0.6 is 0 Å². The lowest BCUT2D eigenvalue weighted by atomic mass is 10.1. The van der Waals surface area contributed by atoms with Gasteiger partial charge in [-0.25, -0.2) is 0 Å². The maximum absolute atomic E-state index is 9.87. The third-order valence-electron chi connectivity index (χ3n) is 3.03. The zero-order chi connectivity index (χ0) is 12.4. The molecule has 2 heteroatoms. The van der Waals surface area contributed by atoms with Gasteiger partial charge < -0.3 is 10.4 Å². The maximum Gasteiger partial charge on any atom is 0.139 e. The van der Waals surface area contributed by atoms with Gasteiger partial charge in [-0.1, -0.05) is 23.8 Å². The van der Waals surface area contributed by atoms with Crippen LogP contribution in [0.4, 0.5) is 11.4 Å². The van der Waals surface area contributed by atoms with Crippen molar-refractivity contribution in [2.24, 2.45) is 0 Å². The Balaban J connectivity index is 2.36. The van der Waals surface area contributed by atoms with E-state index in [2.05, 4.69) is 12.2 Å². The first-order valence-corrected chi connectivity index (χ1v) is 5.71. The van der Waals surface area contributed by atoms with Gasteiger partial charge in [0.2, 0.25) is 0 Å². The number of hydrogen-bond acceptors (Lipinski definition) is 2. The fourth-order valence-electron chi connectivity index (χ4n) is 1.74. The fourth-order valence-corrected chi connectivity index (χ4v) is 1.74. The van der Waals surface area contributed by atoms with Crippen LogP contribution in [0.2, 0.25) is 0 Å². The lowest BCUT2D eigenvalue weighted by Gasteiger charge is -2.13. The molecule has 0 aliphatic carbocycles. The first-order chi connectivity index (χ1) is 8.08. The van der Waals surface area contributed by atoms with E-state index in [1.807, 2.05) is 44.2 Å². The van der Waals surface area contributed by atoms with E-state index in [-0.39, 0.29) is 5.75 Å². The Morgan fingerprint density at radius 3 is 2.18 bits per heavy atom. The molecule has 0 spiro atoms. The summed E-state index contributed by atoms with van der Waals surface area (Å²) < 4.78 is 0. The molecule has 0 unspecified atom stereocenters. The van der Waals surface area contributed by atoms with Crippen molar-refractivity contribution >= 4 is 11.4 Å². The van der Waals surface area contributed by atoms with Gasteiger partial charge in [-0.2, -0.15) is 0 Å². The third-order valence-corrected chi connectivity index (χ3v) is 3.03. The van der Waals surface area contributed by atoms with Crippen LogP contribution < -0.4 is 5.32 Å². The largest absolute Gasteiger partial charge is 0.506 e. The van der Waals surface area contributed by atoms with Crippen LogP contribution in [0.1, 0.15) is 16.7 Å². The summed E-state index contributed by atoms with van der Waals surface area (Å²) >= 11 is 0. The molecule has 2 aromatic carbocycles. The summed E-state index contributed by atoms with van der Waals surface area (Å²) in [5.41, 5.74) is 5.23. The predicted octanol–water partition coefficient (Wildman–Crippen LogP) is 4.06. The van der Waals surface area contributed by atoms with Crippen LogP contribution in [-0.4, -0.2) is 5.11 Å². The van der Waals surface area contributed by atoms with Crippen LogP contribution in [0, 0.1) is 20.8 Å². The van der Waals surface area contributed by atoms with Crippen LogP contribution in [-0.2, 0) is 0 Å². The number of aryl methyl sites for hydroxylation is 2. The highest BCUT2D eigenvalue weighted by atomic mass is 16.3. The SMILES string of the molecule is Cc1ccc(Nc2c(O)ccc(C)c2C)cc1. The van der Waals surface area contributed by atoms with Crippen molar-refractivity contribution in [3.63, 3.8) is 0 Å². The molecule has 0 aliphatic heterocycles. The second-order valence-electron chi connectivity index (χ2n) is 4.39. The Labute approximate surface area is 102 Å². The molecule has 2 N–H and O–H groups in total. The highest BCUT2D eigenvalue weighted by Gasteiger charge is 2.07. The maximum atomic E-state index is 9.87. The van der Waals surface area contributed by atoms with Gasteiger partial charge in [-0.3, -0.25) is 0 Å². The van der Waals surface area contributed by atoms with E-state index in [4.69, 9.17) is 0 Å². The molecule has 0 amide bonds. The van der Waals surface area contributed by atoms with Crippen molar-refractivity contribution in [1.29, 1.82) is 0 Å². The number of benzene rings is 2. The molecule has 0 aliphatic rings. The van der Waals surface area contributed by atoms with E-state index in [9.17, 15) is 5.11 Å². The summed E-state index contributed by atoms with van der Waals surface area (Å²) in [6.07, 6.45) is 0. The molecule has 0 radical (unpaired) electrons. The van der Waals surface area contributed by atoms with E-state index < -0.39 is 0 Å². The van der Waals surface area contributed by atoms with E-state index in [1.54, 1.807) is 6.07 Å². The Morgan fingerprint density at radius 2 is 1.53 bits per heavy atom. The summed E-state index contributed by atoms with van der Waals surface area (Å²) in [5, 5.41) is 13.1. The molecule has 0 saturated heterocycles. The first-order valence-electron chi connectivity index (χ1n) is 5.71. The van der Waals surface area contributed by atoms with Crippen molar-refractivity contribution in [1.82, 2.24) is 0 Å². The van der Waals surface area contributed by atoms with Gasteiger partial charge in [0.15, 0.2) is 0 Å². The average molecular weight is 227 g/mol. The number of anilines is 2. The quantitative estimate of drug-likeness (QED) is 0.758. The van der Waals surface area contributed by atoms with Crippen LogP contribution in [0.3, 0.4) is 0 Å². The van der Waals surface area contributed by atoms with E-state index in [0.29, 0.717) is 0 Å². The molecule has 2 aromatic rings. The third kappa shape index (κ3) is 2.41. The minimum Gasteiger partial charge on any atom is -0.506 e. The van der Waals surface area contributed by atoms with Crippen LogP contribution in [0.5, 0.6) is 5.75 Å². The number of hydrogen-bond donors (Lipinski definition) is 2. The molecular weight excluding hydrogens is 210 g/mol. The summed E-state index contributed by atoms with van der Waals surface area (Å²) in [5.74, 6) is 0.286. The fraction of sp³-hybridized carbons (Fsp3) is 0.200. The topological polar surface area (TPSA) is 32.3 Å². The molecule has 17 heavy (non-hydrogen) atoms. The molecular formula is C15H17NO. The molecule has 88 valence electrons. The molecule has 0 heterocycles. The van der Waals surface area contributed by atoms with Crippen LogP contribution in [0.15, 0.2) is 36.4 Å². The Hall–Kier alpha value is -1.96. The Bertz CT molecular complexity index is 529. The number of phenols is 1. The molecule has 2 nitrogen and oxygen atoms in total. The normalized spacial score (nSPS) is 10.3. The van der Waals surface area contributed by atoms with Crippen molar-refractivity contribution in [2.45, 2.75) is 20.8 Å². The molecule has 0 atom stereocenters. The van der Waals surface area contributed by atoms with E-state index in [0.717, 1.165) is 22.5 Å². The second-order valence-corrected chi connectivity index (χ2v) is 4.39. The predicted molar refractivity (Wildman–Crippen MR) is 72.0 cm³/mol. The minimum atomic E-state index is 0.286. The summed E-state index contributed by atoms with van der Waals surface area (Å²) in [4.78, 5) is 0. The summed E-state index contributed by atoms with van der Waals surface area (Å²) in [7, 11) is 0. The van der Waals surface area contributed by atoms with Gasteiger partial charge in [0.25, 0.3) is 0 Å². The molecule has 0 aromatic heterocycles. The number of nitrogens with one attached hydrogen (secondary N) is 1. The zero-order valence-electron chi connectivity index (χ0n) is 10.4. The average Bonchev–Trinajstić information content (AvgIpc) is 2.32. The van der Waals surface area contributed by atoms with Gasteiger partial charge in [0.05, 0.1) is 5.69 Å². The van der Waals surface area contributed by atoms with Gasteiger partial charge in [0.1, 0.15) is 5.75 Å². The monoisotopic (exact) mass is 227 g/mol. The van der Waals surface area contributed by atoms with Gasteiger partial charge in [-0.05, 0) is 50.1 Å². The lowest BCUT2D eigenvalue weighted by molar-refractivity contribution is 0.477. The molecule has 2 rings (SSSR count). The van der Waals surface area contributed by atoms with E-state index >= 15 is 0 Å². The minimum absolute atomic E-state index is 0.286. The Morgan fingerprint density at radius 1 is 0.882 bits per heavy atom. The van der Waals surface area contributed by atoms with Crippen molar-refractivity contribution in [3.8, 4) is 5.75 Å². The number of aromatic hydroxyl groups is 1. The molecule has 0 bridgehead atoms. The lowest BCUT2D eigenvalue weighted by Crippen LogP contribution is -1.95. The molecule has 0 saturated carbocycles. The Kier molecular flexibility index (Phi) is 3.05. The molecule has 0 fully saturated rings. The number of phenolic OH excluding ortho intramolecular Hbond substituents is 1. The number of rotatable bonds is 2. The first kappa shape index (κ1) is 11.5. The van der Waals surface area contributed by atoms with Gasteiger partial charge in [-0.15, -0.1) is 0 Å². The highest BCUT2D eigenvalue weighted by molar-refractivity contribution is 5.70. The zero-order valence-corrected chi connectivity index (χ0v) is 10.4. The summed E-state index contributed by atoms with van der Waals surface area (Å²) in [6.45, 7) is 6.10. The van der Waals surface area contributed by atoms with Crippen molar-refractivity contribution in [3.05, 3.63) is 53.1 Å². The second kappa shape index (κ2) is 4.50. The van der Waals surface area contributed by atoms with Crippen LogP contribution in [0.25, 0.3) is 0 Å². The summed E-state index contributed by atoms with van der Waals surface area (Å²) in [6, 6.07) is 11.8. The van der Waals surface area contributed by atoms with Gasteiger partial charge in [0, 0.05) is 5.69 Å². The van der Waals surface area contributed by atoms with Gasteiger partial charge >= 0.3 is 0 Å². The highest BCUT2D eigenvalue weighted by Crippen LogP contribution is 2.31. The standard InChI is InChI=1S/C15H17NO/c1-10-4-7-13(8-5-10)16-15-12(3)11(2)6-9-14(15)17/h4-9,16-17H,1-3H3. The smallest absolute Gasteiger partial charge is 0.139 e. The van der Waals surface area contributed by atoms with E-state index in [1.165, 1.54) is 5.56 Å². The van der Waals surface area contributed by atoms with Crippen molar-refractivity contribution < 1.29 is 5.11 Å².